The molecule has 0 bridgehead atoms. The van der Waals surface area contributed by atoms with Crippen molar-refractivity contribution in [3.05, 3.63) is 70.3 Å². The summed E-state index contributed by atoms with van der Waals surface area (Å²) in [6.45, 7) is 6.77. The van der Waals surface area contributed by atoms with Crippen LogP contribution in [0.2, 0.25) is 0 Å². The summed E-state index contributed by atoms with van der Waals surface area (Å²) in [5.41, 5.74) is 3.87. The third-order valence-electron chi connectivity index (χ3n) is 3.65. The third-order valence-corrected chi connectivity index (χ3v) is 3.65. The largest absolute Gasteiger partial charge is 0.306 e. The van der Waals surface area contributed by atoms with Crippen molar-refractivity contribution in [3.8, 4) is 0 Å². The summed E-state index contributed by atoms with van der Waals surface area (Å²) in [5.74, 6) is -0.470. The molecule has 2 rings (SSSR count). The first-order valence-electron chi connectivity index (χ1n) is 7.28. The van der Waals surface area contributed by atoms with Crippen LogP contribution < -0.4 is 5.32 Å². The van der Waals surface area contributed by atoms with E-state index in [-0.39, 0.29) is 17.7 Å². The molecule has 2 aromatic rings. The highest BCUT2D eigenvalue weighted by atomic mass is 19.1. The Morgan fingerprint density at radius 1 is 0.952 bits per heavy atom. The number of hydrogen-bond acceptors (Lipinski definition) is 1. The molecular formula is C18H21F2N. The topological polar surface area (TPSA) is 12.0 Å². The Morgan fingerprint density at radius 2 is 1.52 bits per heavy atom. The summed E-state index contributed by atoms with van der Waals surface area (Å²) in [4.78, 5) is 0. The van der Waals surface area contributed by atoms with Crippen LogP contribution in [0, 0.1) is 25.5 Å². The highest BCUT2D eigenvalue weighted by Gasteiger charge is 2.18. The van der Waals surface area contributed by atoms with E-state index in [1.807, 2.05) is 13.8 Å². The van der Waals surface area contributed by atoms with Gasteiger partial charge in [-0.3, -0.25) is 0 Å². The van der Waals surface area contributed by atoms with Gasteiger partial charge >= 0.3 is 0 Å². The molecular weight excluding hydrogens is 268 g/mol. The molecule has 112 valence electrons. The summed E-state index contributed by atoms with van der Waals surface area (Å²) < 4.78 is 26.7. The molecule has 0 saturated carbocycles. The maximum atomic E-state index is 13.5. The average molecular weight is 289 g/mol. The molecule has 0 fully saturated rings. The van der Waals surface area contributed by atoms with Crippen LogP contribution in [0.25, 0.3) is 0 Å². The predicted molar refractivity (Wildman–Crippen MR) is 82.4 cm³/mol. The van der Waals surface area contributed by atoms with Crippen LogP contribution >= 0.6 is 0 Å². The number of hydrogen-bond donors (Lipinski definition) is 1. The molecule has 1 nitrogen and oxygen atoms in total. The van der Waals surface area contributed by atoms with E-state index in [0.29, 0.717) is 0 Å². The van der Waals surface area contributed by atoms with Crippen LogP contribution in [0.1, 0.15) is 41.6 Å². The number of rotatable bonds is 5. The van der Waals surface area contributed by atoms with Crippen molar-refractivity contribution < 1.29 is 8.78 Å². The monoisotopic (exact) mass is 289 g/mol. The highest BCUT2D eigenvalue weighted by molar-refractivity contribution is 5.42. The molecule has 0 spiro atoms. The fourth-order valence-electron chi connectivity index (χ4n) is 2.71. The zero-order chi connectivity index (χ0) is 15.4. The van der Waals surface area contributed by atoms with Crippen LogP contribution in [-0.2, 0) is 0 Å². The first kappa shape index (κ1) is 15.6. The second kappa shape index (κ2) is 6.81. The van der Waals surface area contributed by atoms with Crippen LogP contribution in [0.5, 0.6) is 0 Å². The van der Waals surface area contributed by atoms with Gasteiger partial charge in [0, 0.05) is 0 Å². The Kier molecular flexibility index (Phi) is 5.07. The van der Waals surface area contributed by atoms with E-state index in [9.17, 15) is 8.78 Å². The van der Waals surface area contributed by atoms with Gasteiger partial charge in [-0.1, -0.05) is 19.1 Å². The lowest BCUT2D eigenvalue weighted by Crippen LogP contribution is -2.25. The van der Waals surface area contributed by atoms with Gasteiger partial charge in [0.25, 0.3) is 0 Å². The molecule has 2 aromatic carbocycles. The van der Waals surface area contributed by atoms with Crippen molar-refractivity contribution in [2.75, 3.05) is 6.54 Å². The Morgan fingerprint density at radius 3 is 2.05 bits per heavy atom. The Bertz CT molecular complexity index is 582. The first-order chi connectivity index (χ1) is 10.0. The summed E-state index contributed by atoms with van der Waals surface area (Å²) in [7, 11) is 0. The molecule has 1 unspecified atom stereocenters. The Balaban J connectivity index is 2.47. The minimum atomic E-state index is -0.249. The third kappa shape index (κ3) is 3.67. The SMILES string of the molecule is CCCNC(c1ccc(F)cc1)c1c(C)cc(F)cc1C. The fourth-order valence-corrected chi connectivity index (χ4v) is 2.71. The minimum Gasteiger partial charge on any atom is -0.306 e. The molecule has 1 N–H and O–H groups in total. The maximum Gasteiger partial charge on any atom is 0.123 e. The van der Waals surface area contributed by atoms with E-state index in [0.717, 1.165) is 35.2 Å². The highest BCUT2D eigenvalue weighted by Crippen LogP contribution is 2.29. The van der Waals surface area contributed by atoms with Gasteiger partial charge in [0.05, 0.1) is 6.04 Å². The van der Waals surface area contributed by atoms with Crippen molar-refractivity contribution >= 4 is 0 Å². The van der Waals surface area contributed by atoms with Crippen molar-refractivity contribution in [1.82, 2.24) is 5.32 Å². The second-order valence-corrected chi connectivity index (χ2v) is 5.39. The molecule has 0 aliphatic rings. The second-order valence-electron chi connectivity index (χ2n) is 5.39. The van der Waals surface area contributed by atoms with Gasteiger partial charge in [-0.25, -0.2) is 8.78 Å². The van der Waals surface area contributed by atoms with Gasteiger partial charge in [0.15, 0.2) is 0 Å². The van der Waals surface area contributed by atoms with Gasteiger partial charge in [-0.2, -0.15) is 0 Å². The molecule has 3 heteroatoms. The molecule has 21 heavy (non-hydrogen) atoms. The van der Waals surface area contributed by atoms with Gasteiger partial charge in [0.1, 0.15) is 11.6 Å². The van der Waals surface area contributed by atoms with E-state index in [1.54, 1.807) is 24.3 Å². The Hall–Kier alpha value is -1.74. The van der Waals surface area contributed by atoms with Crippen LogP contribution in [-0.4, -0.2) is 6.54 Å². The maximum absolute atomic E-state index is 13.5. The fraction of sp³-hybridized carbons (Fsp3) is 0.333. The molecule has 0 amide bonds. The molecule has 0 saturated heterocycles. The Labute approximate surface area is 125 Å². The van der Waals surface area contributed by atoms with Gasteiger partial charge in [0.2, 0.25) is 0 Å². The van der Waals surface area contributed by atoms with Crippen molar-refractivity contribution in [2.45, 2.75) is 33.2 Å². The van der Waals surface area contributed by atoms with Gasteiger partial charge in [-0.15, -0.1) is 0 Å². The number of benzene rings is 2. The number of halogens is 2. The standard InChI is InChI=1S/C18H21F2N/c1-4-9-21-18(14-5-7-15(19)8-6-14)17-12(2)10-16(20)11-13(17)3/h5-8,10-11,18,21H,4,9H2,1-3H3. The smallest absolute Gasteiger partial charge is 0.123 e. The quantitative estimate of drug-likeness (QED) is 0.843. The molecule has 0 radical (unpaired) electrons. The lowest BCUT2D eigenvalue weighted by molar-refractivity contribution is 0.583. The van der Waals surface area contributed by atoms with Crippen LogP contribution in [0.15, 0.2) is 36.4 Å². The molecule has 0 aliphatic carbocycles. The number of nitrogens with one attached hydrogen (secondary N) is 1. The van der Waals surface area contributed by atoms with Gasteiger partial charge in [-0.05, 0) is 73.3 Å². The number of aryl methyl sites for hydroxylation is 2. The molecule has 0 aromatic heterocycles. The summed E-state index contributed by atoms with van der Waals surface area (Å²) in [5, 5.41) is 3.48. The van der Waals surface area contributed by atoms with Gasteiger partial charge < -0.3 is 5.32 Å². The molecule has 0 aliphatic heterocycles. The molecule has 1 atom stereocenters. The van der Waals surface area contributed by atoms with E-state index in [4.69, 9.17) is 0 Å². The average Bonchev–Trinajstić information content (AvgIpc) is 2.42. The molecule has 0 heterocycles. The minimum absolute atomic E-state index is 0.0499. The van der Waals surface area contributed by atoms with Crippen molar-refractivity contribution in [3.63, 3.8) is 0 Å². The summed E-state index contributed by atoms with van der Waals surface area (Å²) in [6.07, 6.45) is 0.997. The lowest BCUT2D eigenvalue weighted by Gasteiger charge is -2.23. The van der Waals surface area contributed by atoms with E-state index >= 15 is 0 Å². The van der Waals surface area contributed by atoms with Crippen LogP contribution in [0.3, 0.4) is 0 Å². The summed E-state index contributed by atoms with van der Waals surface area (Å²) >= 11 is 0. The van der Waals surface area contributed by atoms with Crippen LogP contribution in [0.4, 0.5) is 8.78 Å². The first-order valence-corrected chi connectivity index (χ1v) is 7.28. The zero-order valence-corrected chi connectivity index (χ0v) is 12.7. The predicted octanol–water partition coefficient (Wildman–Crippen LogP) is 4.67. The lowest BCUT2D eigenvalue weighted by atomic mass is 9.91. The van der Waals surface area contributed by atoms with Crippen molar-refractivity contribution in [1.29, 1.82) is 0 Å². The van der Waals surface area contributed by atoms with E-state index in [2.05, 4.69) is 12.2 Å². The van der Waals surface area contributed by atoms with E-state index in [1.165, 1.54) is 12.1 Å². The van der Waals surface area contributed by atoms with E-state index < -0.39 is 0 Å². The normalized spacial score (nSPS) is 12.4. The summed E-state index contributed by atoms with van der Waals surface area (Å²) in [6, 6.07) is 9.54. The van der Waals surface area contributed by atoms with Crippen molar-refractivity contribution in [2.24, 2.45) is 0 Å². The zero-order valence-electron chi connectivity index (χ0n) is 12.7.